The molecule has 2 fully saturated rings. The molecule has 3 atom stereocenters. The fraction of sp³-hybridized carbons (Fsp3) is 0.333. The van der Waals surface area contributed by atoms with Gasteiger partial charge in [-0.2, -0.15) is 0 Å². The molecule has 0 radical (unpaired) electrons. The summed E-state index contributed by atoms with van der Waals surface area (Å²) >= 11 is 0. The number of hydrogen-bond donors (Lipinski definition) is 1. The van der Waals surface area contributed by atoms with Gasteiger partial charge in [0.25, 0.3) is 11.8 Å². The number of nitrogens with one attached hydrogen (secondary N) is 1. The van der Waals surface area contributed by atoms with Crippen molar-refractivity contribution in [1.29, 1.82) is 0 Å². The van der Waals surface area contributed by atoms with E-state index < -0.39 is 17.4 Å². The number of amides is 2. The predicted molar refractivity (Wildman–Crippen MR) is 184 cm³/mol. The molecule has 0 saturated carbocycles. The van der Waals surface area contributed by atoms with Gasteiger partial charge in [-0.15, -0.1) is 0 Å². The van der Waals surface area contributed by atoms with Gasteiger partial charge in [0, 0.05) is 43.2 Å². The number of fused-ring (bicyclic) bond motifs is 4. The van der Waals surface area contributed by atoms with Crippen LogP contribution in [0.3, 0.4) is 0 Å². The Morgan fingerprint density at radius 2 is 1.65 bits per heavy atom. The lowest BCUT2D eigenvalue weighted by Gasteiger charge is -2.40. The number of H-pyrrole nitrogens is 1. The van der Waals surface area contributed by atoms with Crippen molar-refractivity contribution >= 4 is 28.8 Å². The molecule has 1 N–H and O–H groups in total. The van der Waals surface area contributed by atoms with E-state index in [1.165, 1.54) is 7.11 Å². The third-order valence-electron chi connectivity index (χ3n) is 10.7. The maximum absolute atomic E-state index is 14.4. The third kappa shape index (κ3) is 5.08. The number of hydrogen-bond acceptors (Lipinski definition) is 6. The molecule has 10 nitrogen and oxygen atoms in total. The first kappa shape index (κ1) is 30.9. The number of ether oxygens (including phenoxy) is 2. The molecule has 250 valence electrons. The van der Waals surface area contributed by atoms with Crippen molar-refractivity contribution in [1.82, 2.24) is 24.3 Å². The van der Waals surface area contributed by atoms with Crippen LogP contribution >= 0.6 is 0 Å². The number of methoxy groups -OCH3 is 2. The van der Waals surface area contributed by atoms with Gasteiger partial charge in [-0.05, 0) is 78.8 Å². The molecule has 49 heavy (non-hydrogen) atoms. The number of carbonyl (C=O) groups excluding carboxylic acids is 3. The Balaban J connectivity index is 1.28. The summed E-state index contributed by atoms with van der Waals surface area (Å²) in [5.74, 6) is 0.294. The van der Waals surface area contributed by atoms with Crippen LogP contribution in [0.1, 0.15) is 62.3 Å². The van der Waals surface area contributed by atoms with E-state index in [1.807, 2.05) is 77.7 Å². The molecule has 5 aromatic rings. The van der Waals surface area contributed by atoms with Crippen molar-refractivity contribution in [2.45, 2.75) is 43.7 Å². The molecule has 2 aliphatic heterocycles. The average molecular weight is 658 g/mol. The monoisotopic (exact) mass is 657 g/mol. The number of benzene rings is 3. The maximum Gasteiger partial charge on any atom is 0.332 e. The Labute approximate surface area is 284 Å². The van der Waals surface area contributed by atoms with Crippen LogP contribution < -0.4 is 4.74 Å². The van der Waals surface area contributed by atoms with Gasteiger partial charge in [-0.25, -0.2) is 9.78 Å². The van der Waals surface area contributed by atoms with Crippen molar-refractivity contribution in [3.05, 3.63) is 119 Å². The molecule has 0 unspecified atom stereocenters. The maximum atomic E-state index is 14.4. The molecule has 3 aromatic carbocycles. The Morgan fingerprint density at radius 1 is 0.918 bits per heavy atom. The molecule has 2 saturated heterocycles. The van der Waals surface area contributed by atoms with Crippen LogP contribution in [0, 0.1) is 5.92 Å². The fourth-order valence-electron chi connectivity index (χ4n) is 8.53. The molecule has 4 heterocycles. The standard InChI is InChI=1S/C39H39N5O5/c1-48-28-16-14-25(15-17-28)22-39(38(47)49-2)35-27(23-44(39)36(45)26-10-4-3-5-11-26)20-32-29(35)21-33(37(46)42-18-8-9-19-42)43(32)24-34-40-30-12-6-7-13-31(30)41-34/h3-7,10-17,21,27,35H,8-9,18-20,22-24H2,1-2H3,(H,40,41)/t27-,35+,39+/m0/s1. The summed E-state index contributed by atoms with van der Waals surface area (Å²) in [6, 6.07) is 26.6. The van der Waals surface area contributed by atoms with E-state index >= 15 is 0 Å². The minimum Gasteiger partial charge on any atom is -0.497 e. The Morgan fingerprint density at radius 3 is 2.37 bits per heavy atom. The lowest BCUT2D eigenvalue weighted by Crippen LogP contribution is -2.58. The van der Waals surface area contributed by atoms with Crippen molar-refractivity contribution in [2.75, 3.05) is 33.9 Å². The van der Waals surface area contributed by atoms with Gasteiger partial charge in [0.2, 0.25) is 0 Å². The second kappa shape index (κ2) is 12.3. The largest absolute Gasteiger partial charge is 0.497 e. The topological polar surface area (TPSA) is 110 Å². The molecular weight excluding hydrogens is 618 g/mol. The second-order valence-electron chi connectivity index (χ2n) is 13.4. The number of rotatable bonds is 8. The number of carbonyl (C=O) groups is 3. The highest BCUT2D eigenvalue weighted by molar-refractivity contribution is 6.00. The van der Waals surface area contributed by atoms with Crippen LogP contribution in [-0.4, -0.2) is 81.5 Å². The minimum atomic E-state index is -1.36. The van der Waals surface area contributed by atoms with E-state index in [0.29, 0.717) is 49.6 Å². The van der Waals surface area contributed by atoms with Crippen LogP contribution in [-0.2, 0) is 28.9 Å². The molecule has 10 heteroatoms. The third-order valence-corrected chi connectivity index (χ3v) is 10.7. The first-order valence-corrected chi connectivity index (χ1v) is 16.9. The quantitative estimate of drug-likeness (QED) is 0.229. The zero-order valence-corrected chi connectivity index (χ0v) is 27.7. The summed E-state index contributed by atoms with van der Waals surface area (Å²) in [4.78, 5) is 55.0. The molecule has 2 aromatic heterocycles. The first-order valence-electron chi connectivity index (χ1n) is 16.9. The highest BCUT2D eigenvalue weighted by Gasteiger charge is 2.64. The Hall–Kier alpha value is -5.38. The summed E-state index contributed by atoms with van der Waals surface area (Å²) in [5.41, 5.74) is 4.35. The molecule has 2 amide bonds. The SMILES string of the molecule is COC(=O)[C@@]1(Cc2ccc(OC)cc2)[C@H]2c3cc(C(=O)N4CCCC4)n(Cc4nc5ccccc5[nH]4)c3C[C@H]2CN1C(=O)c1ccccc1. The van der Waals surface area contributed by atoms with Gasteiger partial charge in [-0.1, -0.05) is 42.5 Å². The zero-order chi connectivity index (χ0) is 33.7. The number of aromatic nitrogens is 3. The lowest BCUT2D eigenvalue weighted by molar-refractivity contribution is -0.153. The number of nitrogens with zero attached hydrogens (tertiary/aromatic N) is 4. The number of esters is 1. The number of imidazole rings is 1. The highest BCUT2D eigenvalue weighted by Crippen LogP contribution is 2.55. The zero-order valence-electron chi connectivity index (χ0n) is 27.7. The lowest BCUT2D eigenvalue weighted by atomic mass is 9.75. The normalized spacial score (nSPS) is 21.2. The summed E-state index contributed by atoms with van der Waals surface area (Å²) in [5, 5.41) is 0. The molecule has 3 aliphatic rings. The number of aromatic amines is 1. The van der Waals surface area contributed by atoms with Gasteiger partial charge >= 0.3 is 5.97 Å². The van der Waals surface area contributed by atoms with Crippen molar-refractivity contribution in [3.63, 3.8) is 0 Å². The fourth-order valence-corrected chi connectivity index (χ4v) is 8.53. The van der Waals surface area contributed by atoms with Crippen LogP contribution in [0.4, 0.5) is 0 Å². The van der Waals surface area contributed by atoms with Crippen LogP contribution in [0.15, 0.2) is 84.9 Å². The second-order valence-corrected chi connectivity index (χ2v) is 13.4. The molecule has 0 bridgehead atoms. The highest BCUT2D eigenvalue weighted by atomic mass is 16.5. The Bertz CT molecular complexity index is 2010. The predicted octanol–water partition coefficient (Wildman–Crippen LogP) is 5.22. The van der Waals surface area contributed by atoms with E-state index in [-0.39, 0.29) is 24.2 Å². The van der Waals surface area contributed by atoms with Crippen LogP contribution in [0.2, 0.25) is 0 Å². The van der Waals surface area contributed by atoms with Gasteiger partial charge < -0.3 is 28.8 Å². The minimum absolute atomic E-state index is 0.0198. The van der Waals surface area contributed by atoms with Crippen LogP contribution in [0.25, 0.3) is 11.0 Å². The van der Waals surface area contributed by atoms with E-state index in [0.717, 1.165) is 46.5 Å². The van der Waals surface area contributed by atoms with E-state index in [1.54, 1.807) is 24.1 Å². The summed E-state index contributed by atoms with van der Waals surface area (Å²) in [6.07, 6.45) is 2.80. The van der Waals surface area contributed by atoms with Gasteiger partial charge in [-0.3, -0.25) is 9.59 Å². The number of likely N-dealkylation sites (tertiary alicyclic amines) is 2. The van der Waals surface area contributed by atoms with Crippen LogP contribution in [0.5, 0.6) is 5.75 Å². The number of para-hydroxylation sites is 2. The smallest absolute Gasteiger partial charge is 0.332 e. The Kier molecular flexibility index (Phi) is 7.73. The molecular formula is C39H39N5O5. The molecule has 0 spiro atoms. The summed E-state index contributed by atoms with van der Waals surface area (Å²) < 4.78 is 13.1. The summed E-state index contributed by atoms with van der Waals surface area (Å²) in [6.45, 7) is 2.19. The van der Waals surface area contributed by atoms with Gasteiger partial charge in [0.15, 0.2) is 5.54 Å². The first-order chi connectivity index (χ1) is 23.9. The van der Waals surface area contributed by atoms with Crippen molar-refractivity contribution in [2.24, 2.45) is 5.92 Å². The summed E-state index contributed by atoms with van der Waals surface area (Å²) in [7, 11) is 3.01. The molecule has 8 rings (SSSR count). The van der Waals surface area contributed by atoms with Gasteiger partial charge in [0.05, 0.1) is 31.8 Å². The van der Waals surface area contributed by atoms with E-state index in [9.17, 15) is 14.4 Å². The molecule has 1 aliphatic carbocycles. The van der Waals surface area contributed by atoms with Gasteiger partial charge in [0.1, 0.15) is 17.3 Å². The van der Waals surface area contributed by atoms with Crippen molar-refractivity contribution in [3.8, 4) is 5.75 Å². The average Bonchev–Trinajstić information content (AvgIpc) is 3.97. The van der Waals surface area contributed by atoms with E-state index in [2.05, 4.69) is 9.55 Å². The van der Waals surface area contributed by atoms with Crippen molar-refractivity contribution < 1.29 is 23.9 Å². The van der Waals surface area contributed by atoms with E-state index in [4.69, 9.17) is 14.5 Å².